The van der Waals surface area contributed by atoms with Crippen LogP contribution in [0.2, 0.25) is 0 Å². The predicted molar refractivity (Wildman–Crippen MR) is 87.8 cm³/mol. The maximum absolute atomic E-state index is 12.3. The molecule has 0 spiro atoms. The third kappa shape index (κ3) is 2.74. The normalized spacial score (nSPS) is 31.9. The standard InChI is InChI=1S/C19H30O4/c1-12(20)18(5,13(2)21)9-8-16(22)23-15-11-14-7-10-19(15,6)17(14,3)4/h14-15H,7-11H2,1-6H3. The lowest BCUT2D eigenvalue weighted by Gasteiger charge is -2.38. The van der Waals surface area contributed by atoms with Crippen molar-refractivity contribution >= 4 is 17.5 Å². The Morgan fingerprint density at radius 1 is 1.13 bits per heavy atom. The molecule has 4 nitrogen and oxygen atoms in total. The zero-order valence-electron chi connectivity index (χ0n) is 15.3. The molecule has 0 aliphatic heterocycles. The second-order valence-corrected chi connectivity index (χ2v) is 8.53. The fourth-order valence-electron chi connectivity index (χ4n) is 4.48. The van der Waals surface area contributed by atoms with Crippen molar-refractivity contribution in [3.63, 3.8) is 0 Å². The van der Waals surface area contributed by atoms with Crippen LogP contribution in [0.3, 0.4) is 0 Å². The quantitative estimate of drug-likeness (QED) is 0.552. The van der Waals surface area contributed by atoms with Crippen molar-refractivity contribution in [1.29, 1.82) is 0 Å². The smallest absolute Gasteiger partial charge is 0.306 e. The second-order valence-electron chi connectivity index (χ2n) is 8.53. The molecule has 0 aromatic carbocycles. The maximum Gasteiger partial charge on any atom is 0.306 e. The molecule has 2 fully saturated rings. The highest BCUT2D eigenvalue weighted by Gasteiger charge is 2.62. The summed E-state index contributed by atoms with van der Waals surface area (Å²) in [6.07, 6.45) is 3.56. The molecule has 0 radical (unpaired) electrons. The van der Waals surface area contributed by atoms with Crippen LogP contribution in [0, 0.1) is 22.2 Å². The lowest BCUT2D eigenvalue weighted by atomic mass is 9.70. The zero-order chi connectivity index (χ0) is 17.6. The Balaban J connectivity index is 1.97. The van der Waals surface area contributed by atoms with Crippen molar-refractivity contribution in [3.8, 4) is 0 Å². The zero-order valence-corrected chi connectivity index (χ0v) is 15.3. The van der Waals surface area contributed by atoms with E-state index in [1.807, 2.05) is 0 Å². The van der Waals surface area contributed by atoms with Gasteiger partial charge in [0.25, 0.3) is 0 Å². The second kappa shape index (κ2) is 5.71. The molecule has 2 bridgehead atoms. The van der Waals surface area contributed by atoms with Crippen LogP contribution < -0.4 is 0 Å². The van der Waals surface area contributed by atoms with Crippen LogP contribution in [0.1, 0.15) is 73.6 Å². The molecule has 0 amide bonds. The largest absolute Gasteiger partial charge is 0.462 e. The summed E-state index contributed by atoms with van der Waals surface area (Å²) in [5, 5.41) is 0. The Hall–Kier alpha value is -1.19. The molecule has 130 valence electrons. The van der Waals surface area contributed by atoms with Gasteiger partial charge in [-0.25, -0.2) is 0 Å². The molecule has 23 heavy (non-hydrogen) atoms. The van der Waals surface area contributed by atoms with Gasteiger partial charge in [-0.2, -0.15) is 0 Å². The van der Waals surface area contributed by atoms with Gasteiger partial charge in [-0.1, -0.05) is 20.8 Å². The minimum absolute atomic E-state index is 0.0373. The van der Waals surface area contributed by atoms with Crippen LogP contribution in [0.4, 0.5) is 0 Å². The van der Waals surface area contributed by atoms with E-state index in [2.05, 4.69) is 20.8 Å². The van der Waals surface area contributed by atoms with Gasteiger partial charge in [0.05, 0.1) is 5.41 Å². The number of esters is 1. The van der Waals surface area contributed by atoms with Crippen molar-refractivity contribution in [2.45, 2.75) is 79.8 Å². The molecule has 3 atom stereocenters. The van der Waals surface area contributed by atoms with Gasteiger partial charge in [-0.05, 0) is 57.8 Å². The van der Waals surface area contributed by atoms with Gasteiger partial charge in [-0.15, -0.1) is 0 Å². The van der Waals surface area contributed by atoms with Crippen molar-refractivity contribution < 1.29 is 19.1 Å². The van der Waals surface area contributed by atoms with Crippen molar-refractivity contribution in [2.75, 3.05) is 0 Å². The fraction of sp³-hybridized carbons (Fsp3) is 0.842. The maximum atomic E-state index is 12.3. The number of rotatable bonds is 6. The van der Waals surface area contributed by atoms with Gasteiger partial charge in [0, 0.05) is 11.8 Å². The third-order valence-electron chi connectivity index (χ3n) is 7.37. The highest BCUT2D eigenvalue weighted by atomic mass is 16.5. The van der Waals surface area contributed by atoms with Crippen molar-refractivity contribution in [1.82, 2.24) is 0 Å². The van der Waals surface area contributed by atoms with Gasteiger partial charge < -0.3 is 4.74 Å². The van der Waals surface area contributed by atoms with Crippen LogP contribution in [0.25, 0.3) is 0 Å². The summed E-state index contributed by atoms with van der Waals surface area (Å²) in [7, 11) is 0. The molecule has 0 aromatic rings. The number of hydrogen-bond acceptors (Lipinski definition) is 4. The number of carbonyl (C=O) groups is 3. The van der Waals surface area contributed by atoms with Gasteiger partial charge in [0.1, 0.15) is 17.7 Å². The summed E-state index contributed by atoms with van der Waals surface area (Å²) >= 11 is 0. The lowest BCUT2D eigenvalue weighted by Crippen LogP contribution is -2.39. The summed E-state index contributed by atoms with van der Waals surface area (Å²) in [5.74, 6) is -0.0464. The molecule has 2 aliphatic carbocycles. The van der Waals surface area contributed by atoms with E-state index in [0.717, 1.165) is 12.8 Å². The van der Waals surface area contributed by atoms with Gasteiger partial charge >= 0.3 is 5.97 Å². The molecule has 4 heteroatoms. The van der Waals surface area contributed by atoms with Gasteiger partial charge in [-0.3, -0.25) is 14.4 Å². The lowest BCUT2D eigenvalue weighted by molar-refractivity contribution is -0.157. The van der Waals surface area contributed by atoms with Crippen molar-refractivity contribution in [3.05, 3.63) is 0 Å². The first-order valence-electron chi connectivity index (χ1n) is 8.66. The summed E-state index contributed by atoms with van der Waals surface area (Å²) < 4.78 is 5.78. The first kappa shape index (κ1) is 18.2. The number of Topliss-reactive ketones (excluding diaryl/α,β-unsaturated/α-hetero) is 2. The highest BCUT2D eigenvalue weighted by Crippen LogP contribution is 2.66. The number of ketones is 2. The molecule has 0 saturated heterocycles. The van der Waals surface area contributed by atoms with E-state index in [9.17, 15) is 14.4 Å². The highest BCUT2D eigenvalue weighted by molar-refractivity contribution is 6.04. The third-order valence-corrected chi connectivity index (χ3v) is 7.37. The van der Waals surface area contributed by atoms with Crippen LogP contribution in [0.5, 0.6) is 0 Å². The van der Waals surface area contributed by atoms with Crippen LogP contribution in [0.15, 0.2) is 0 Å². The minimum Gasteiger partial charge on any atom is -0.462 e. The van der Waals surface area contributed by atoms with E-state index >= 15 is 0 Å². The van der Waals surface area contributed by atoms with Crippen LogP contribution in [-0.2, 0) is 19.1 Å². The molecule has 0 N–H and O–H groups in total. The minimum atomic E-state index is -1.07. The average molecular weight is 322 g/mol. The number of carbonyl (C=O) groups excluding carboxylic acids is 3. The van der Waals surface area contributed by atoms with Gasteiger partial charge in [0.2, 0.25) is 0 Å². The molecule has 0 heterocycles. The van der Waals surface area contributed by atoms with Gasteiger partial charge in [0.15, 0.2) is 0 Å². The summed E-state index contributed by atoms with van der Waals surface area (Å²) in [6, 6.07) is 0. The number of hydrogen-bond donors (Lipinski definition) is 0. The summed E-state index contributed by atoms with van der Waals surface area (Å²) in [4.78, 5) is 35.7. The van der Waals surface area contributed by atoms with Crippen LogP contribution in [-0.4, -0.2) is 23.6 Å². The van der Waals surface area contributed by atoms with E-state index < -0.39 is 5.41 Å². The SMILES string of the molecule is CC(=O)C(C)(CCC(=O)OC1CC2CCC1(C)C2(C)C)C(C)=O. The first-order chi connectivity index (χ1) is 10.4. The van der Waals surface area contributed by atoms with Crippen molar-refractivity contribution in [2.24, 2.45) is 22.2 Å². The molecular weight excluding hydrogens is 292 g/mol. The molecule has 2 rings (SSSR count). The molecule has 0 aromatic heterocycles. The summed E-state index contributed by atoms with van der Waals surface area (Å²) in [5.41, 5.74) is -0.833. The van der Waals surface area contributed by atoms with E-state index in [0.29, 0.717) is 5.92 Å². The molecule has 2 saturated carbocycles. The Bertz CT molecular complexity index is 519. The van der Waals surface area contributed by atoms with E-state index in [4.69, 9.17) is 4.74 Å². The molecule has 3 unspecified atom stereocenters. The van der Waals surface area contributed by atoms with E-state index in [-0.39, 0.29) is 47.3 Å². The fourth-order valence-corrected chi connectivity index (χ4v) is 4.48. The van der Waals surface area contributed by atoms with Crippen LogP contribution >= 0.6 is 0 Å². The first-order valence-corrected chi connectivity index (χ1v) is 8.66. The average Bonchev–Trinajstić information content (AvgIpc) is 2.77. The Morgan fingerprint density at radius 3 is 2.09 bits per heavy atom. The number of ether oxygens (including phenoxy) is 1. The van der Waals surface area contributed by atoms with E-state index in [1.54, 1.807) is 6.92 Å². The topological polar surface area (TPSA) is 60.4 Å². The molecule has 2 aliphatic rings. The number of fused-ring (bicyclic) bond motifs is 2. The summed E-state index contributed by atoms with van der Waals surface area (Å²) in [6.45, 7) is 11.2. The monoisotopic (exact) mass is 322 g/mol. The van der Waals surface area contributed by atoms with E-state index in [1.165, 1.54) is 20.3 Å². The Morgan fingerprint density at radius 2 is 1.70 bits per heavy atom. The Labute approximate surface area is 139 Å². The predicted octanol–water partition coefficient (Wildman–Crippen LogP) is 3.71. The Kier molecular flexibility index (Phi) is 4.51. The molecular formula is C19H30O4.